The SMILES string of the molecule is COC(=O)c1ccc(CN2CCN(S(=O)(=O)c3ccc4c(c3)CCCC4)CC2)o1. The Hall–Kier alpha value is -2.16. The number of esters is 1. The first-order valence-electron chi connectivity index (χ1n) is 9.99. The van der Waals surface area contributed by atoms with E-state index < -0.39 is 16.0 Å². The Balaban J connectivity index is 1.38. The summed E-state index contributed by atoms with van der Waals surface area (Å²) < 4.78 is 37.9. The molecule has 2 aliphatic rings. The van der Waals surface area contributed by atoms with Crippen LogP contribution in [0.1, 0.15) is 40.3 Å². The molecule has 4 rings (SSSR count). The smallest absolute Gasteiger partial charge is 0.373 e. The third-order valence-electron chi connectivity index (χ3n) is 5.72. The lowest BCUT2D eigenvalue weighted by molar-refractivity contribution is 0.0560. The third-order valence-corrected chi connectivity index (χ3v) is 7.61. The summed E-state index contributed by atoms with van der Waals surface area (Å²) >= 11 is 0. The van der Waals surface area contributed by atoms with E-state index in [4.69, 9.17) is 4.42 Å². The number of sulfonamides is 1. The molecule has 0 atom stereocenters. The van der Waals surface area contributed by atoms with Gasteiger partial charge < -0.3 is 9.15 Å². The number of hydrogen-bond acceptors (Lipinski definition) is 6. The fraction of sp³-hybridized carbons (Fsp3) is 0.476. The lowest BCUT2D eigenvalue weighted by Crippen LogP contribution is -2.48. The van der Waals surface area contributed by atoms with E-state index in [-0.39, 0.29) is 5.76 Å². The zero-order valence-corrected chi connectivity index (χ0v) is 17.4. The number of methoxy groups -OCH3 is 1. The van der Waals surface area contributed by atoms with Crippen LogP contribution in [-0.4, -0.2) is 56.9 Å². The summed E-state index contributed by atoms with van der Waals surface area (Å²) in [4.78, 5) is 14.0. The van der Waals surface area contributed by atoms with Crippen molar-refractivity contribution in [2.45, 2.75) is 37.1 Å². The molecule has 0 bridgehead atoms. The number of benzene rings is 1. The minimum atomic E-state index is -3.48. The van der Waals surface area contributed by atoms with Crippen LogP contribution in [0.15, 0.2) is 39.6 Å². The largest absolute Gasteiger partial charge is 0.463 e. The Labute approximate surface area is 171 Å². The van der Waals surface area contributed by atoms with Crippen LogP contribution in [0.2, 0.25) is 0 Å². The van der Waals surface area contributed by atoms with E-state index in [1.807, 2.05) is 12.1 Å². The summed E-state index contributed by atoms with van der Waals surface area (Å²) in [7, 11) is -2.17. The van der Waals surface area contributed by atoms with Gasteiger partial charge in [-0.05, 0) is 61.1 Å². The van der Waals surface area contributed by atoms with E-state index in [1.54, 1.807) is 22.5 Å². The van der Waals surface area contributed by atoms with Crippen molar-refractivity contribution in [2.24, 2.45) is 0 Å². The number of aryl methyl sites for hydroxylation is 2. The van der Waals surface area contributed by atoms with Crippen LogP contribution >= 0.6 is 0 Å². The highest BCUT2D eigenvalue weighted by Crippen LogP contribution is 2.26. The molecule has 7 nitrogen and oxygen atoms in total. The minimum absolute atomic E-state index is 0.177. The molecule has 1 aromatic carbocycles. The molecule has 1 aliphatic carbocycles. The van der Waals surface area contributed by atoms with Crippen molar-refractivity contribution < 1.29 is 22.4 Å². The monoisotopic (exact) mass is 418 g/mol. The van der Waals surface area contributed by atoms with Gasteiger partial charge in [-0.2, -0.15) is 4.31 Å². The van der Waals surface area contributed by atoms with Gasteiger partial charge >= 0.3 is 5.97 Å². The van der Waals surface area contributed by atoms with E-state index in [2.05, 4.69) is 9.64 Å². The first-order valence-corrected chi connectivity index (χ1v) is 11.4. The van der Waals surface area contributed by atoms with Gasteiger partial charge in [0.05, 0.1) is 18.6 Å². The maximum atomic E-state index is 13.1. The molecule has 1 aliphatic heterocycles. The molecule has 2 aromatic rings. The first kappa shape index (κ1) is 20.1. The van der Waals surface area contributed by atoms with Crippen LogP contribution in [-0.2, 0) is 34.1 Å². The van der Waals surface area contributed by atoms with Crippen LogP contribution in [0.5, 0.6) is 0 Å². The zero-order chi connectivity index (χ0) is 20.4. The number of nitrogens with zero attached hydrogens (tertiary/aromatic N) is 2. The Kier molecular flexibility index (Phi) is 5.76. The highest BCUT2D eigenvalue weighted by atomic mass is 32.2. The number of rotatable bonds is 5. The predicted molar refractivity (Wildman–Crippen MR) is 107 cm³/mol. The van der Waals surface area contributed by atoms with Gasteiger partial charge in [-0.25, -0.2) is 13.2 Å². The summed E-state index contributed by atoms with van der Waals surface area (Å²) in [6.07, 6.45) is 4.31. The highest BCUT2D eigenvalue weighted by Gasteiger charge is 2.29. The summed E-state index contributed by atoms with van der Waals surface area (Å²) in [5.74, 6) is 0.338. The Morgan fingerprint density at radius 2 is 1.76 bits per heavy atom. The van der Waals surface area contributed by atoms with E-state index in [0.29, 0.717) is 43.4 Å². The second-order valence-corrected chi connectivity index (χ2v) is 9.51. The van der Waals surface area contributed by atoms with Gasteiger partial charge in [-0.1, -0.05) is 6.07 Å². The van der Waals surface area contributed by atoms with Crippen LogP contribution in [0, 0.1) is 0 Å². The van der Waals surface area contributed by atoms with Gasteiger partial charge in [0.1, 0.15) is 5.76 Å². The molecule has 0 spiro atoms. The predicted octanol–water partition coefficient (Wildman–Crippen LogP) is 2.45. The molecule has 0 amide bonds. The summed E-state index contributed by atoms with van der Waals surface area (Å²) in [5.41, 5.74) is 2.46. The summed E-state index contributed by atoms with van der Waals surface area (Å²) in [6, 6.07) is 8.95. The topological polar surface area (TPSA) is 80.1 Å². The van der Waals surface area contributed by atoms with Gasteiger partial charge in [-0.15, -0.1) is 0 Å². The second kappa shape index (κ2) is 8.30. The number of furan rings is 1. The van der Waals surface area contributed by atoms with Crippen molar-refractivity contribution >= 4 is 16.0 Å². The number of ether oxygens (including phenoxy) is 1. The molecule has 1 saturated heterocycles. The van der Waals surface area contributed by atoms with Gasteiger partial charge in [-0.3, -0.25) is 4.90 Å². The molecule has 0 saturated carbocycles. The highest BCUT2D eigenvalue weighted by molar-refractivity contribution is 7.89. The molecular weight excluding hydrogens is 392 g/mol. The fourth-order valence-electron chi connectivity index (χ4n) is 4.04. The Morgan fingerprint density at radius 3 is 2.48 bits per heavy atom. The Bertz CT molecular complexity index is 990. The minimum Gasteiger partial charge on any atom is -0.463 e. The lowest BCUT2D eigenvalue weighted by Gasteiger charge is -2.33. The maximum Gasteiger partial charge on any atom is 0.373 e. The van der Waals surface area contributed by atoms with E-state index in [1.165, 1.54) is 24.7 Å². The average Bonchev–Trinajstić information content (AvgIpc) is 3.21. The van der Waals surface area contributed by atoms with Crippen molar-refractivity contribution in [1.82, 2.24) is 9.21 Å². The Morgan fingerprint density at radius 1 is 1.03 bits per heavy atom. The van der Waals surface area contributed by atoms with Crippen molar-refractivity contribution in [3.05, 3.63) is 53.0 Å². The van der Waals surface area contributed by atoms with E-state index >= 15 is 0 Å². The number of fused-ring (bicyclic) bond motifs is 1. The number of piperazine rings is 1. The van der Waals surface area contributed by atoms with Crippen molar-refractivity contribution in [3.8, 4) is 0 Å². The molecule has 0 N–H and O–H groups in total. The molecule has 156 valence electrons. The molecule has 1 aromatic heterocycles. The van der Waals surface area contributed by atoms with E-state index in [0.717, 1.165) is 19.3 Å². The standard InChI is InChI=1S/C21H26N2O5S/c1-27-21(24)20-9-7-18(28-20)15-22-10-12-23(13-11-22)29(25,26)19-8-6-16-4-2-3-5-17(16)14-19/h6-9,14H,2-5,10-13,15H2,1H3. The van der Waals surface area contributed by atoms with Crippen LogP contribution in [0.25, 0.3) is 0 Å². The molecule has 0 radical (unpaired) electrons. The fourth-order valence-corrected chi connectivity index (χ4v) is 5.51. The molecular formula is C21H26N2O5S. The normalized spacial score (nSPS) is 18.4. The average molecular weight is 419 g/mol. The molecule has 29 heavy (non-hydrogen) atoms. The molecule has 0 unspecified atom stereocenters. The number of hydrogen-bond donors (Lipinski definition) is 0. The van der Waals surface area contributed by atoms with E-state index in [9.17, 15) is 13.2 Å². The zero-order valence-electron chi connectivity index (χ0n) is 16.6. The third kappa shape index (κ3) is 4.24. The van der Waals surface area contributed by atoms with Crippen molar-refractivity contribution in [1.29, 1.82) is 0 Å². The second-order valence-electron chi connectivity index (χ2n) is 7.58. The van der Waals surface area contributed by atoms with Crippen LogP contribution in [0.4, 0.5) is 0 Å². The van der Waals surface area contributed by atoms with Gasteiger partial charge in [0.25, 0.3) is 0 Å². The van der Waals surface area contributed by atoms with Crippen LogP contribution in [0.3, 0.4) is 0 Å². The lowest BCUT2D eigenvalue weighted by atomic mass is 9.92. The number of carbonyl (C=O) groups is 1. The van der Waals surface area contributed by atoms with Gasteiger partial charge in [0, 0.05) is 26.2 Å². The van der Waals surface area contributed by atoms with Gasteiger partial charge in [0.2, 0.25) is 15.8 Å². The number of carbonyl (C=O) groups excluding carboxylic acids is 1. The van der Waals surface area contributed by atoms with Crippen LogP contribution < -0.4 is 0 Å². The summed E-state index contributed by atoms with van der Waals surface area (Å²) in [6.45, 7) is 2.62. The molecule has 1 fully saturated rings. The molecule has 8 heteroatoms. The van der Waals surface area contributed by atoms with Crippen molar-refractivity contribution in [3.63, 3.8) is 0 Å². The first-order chi connectivity index (χ1) is 14.0. The maximum absolute atomic E-state index is 13.1. The van der Waals surface area contributed by atoms with Gasteiger partial charge in [0.15, 0.2) is 0 Å². The summed E-state index contributed by atoms with van der Waals surface area (Å²) in [5, 5.41) is 0. The quantitative estimate of drug-likeness (QED) is 0.694. The van der Waals surface area contributed by atoms with Crippen molar-refractivity contribution in [2.75, 3.05) is 33.3 Å². The molecule has 2 heterocycles.